The van der Waals surface area contributed by atoms with Gasteiger partial charge in [-0.1, -0.05) is 0 Å². The molecule has 0 aliphatic carbocycles. The van der Waals surface area contributed by atoms with Gasteiger partial charge in [-0.15, -0.1) is 0 Å². The average Bonchev–Trinajstić information content (AvgIpc) is 2.22. The third-order valence-electron chi connectivity index (χ3n) is 3.73. The summed E-state index contributed by atoms with van der Waals surface area (Å²) in [6.45, 7) is 10.1. The quantitative estimate of drug-likeness (QED) is 0.826. The first-order valence-electron chi connectivity index (χ1n) is 6.82. The van der Waals surface area contributed by atoms with Crippen molar-refractivity contribution in [2.24, 2.45) is 0 Å². The monoisotopic (exact) mass is 272 g/mol. The standard InChI is InChI=1S/C13H24N2O4/c1-13(2,3)15(12(16)17)7-11-6-14(4-5-19-11)10-8-18-9-10/h10-11H,4-9H2,1-3H3,(H,16,17). The number of nitrogens with zero attached hydrogens (tertiary/aromatic N) is 2. The summed E-state index contributed by atoms with van der Waals surface area (Å²) < 4.78 is 10.9. The summed E-state index contributed by atoms with van der Waals surface area (Å²) in [5.41, 5.74) is -0.406. The maximum atomic E-state index is 11.3. The molecule has 2 rings (SSSR count). The number of rotatable bonds is 3. The molecule has 1 atom stereocenters. The largest absolute Gasteiger partial charge is 0.465 e. The molecule has 0 aromatic carbocycles. The molecule has 0 spiro atoms. The molecule has 1 N–H and O–H groups in total. The van der Waals surface area contributed by atoms with Crippen molar-refractivity contribution in [1.29, 1.82) is 0 Å². The van der Waals surface area contributed by atoms with Gasteiger partial charge in [0, 0.05) is 18.6 Å². The third-order valence-corrected chi connectivity index (χ3v) is 3.73. The van der Waals surface area contributed by atoms with Crippen molar-refractivity contribution in [3.8, 4) is 0 Å². The van der Waals surface area contributed by atoms with Crippen LogP contribution in [0.15, 0.2) is 0 Å². The van der Waals surface area contributed by atoms with E-state index in [1.54, 1.807) is 0 Å². The highest BCUT2D eigenvalue weighted by molar-refractivity contribution is 5.66. The van der Waals surface area contributed by atoms with Crippen LogP contribution in [0.3, 0.4) is 0 Å². The van der Waals surface area contributed by atoms with E-state index >= 15 is 0 Å². The van der Waals surface area contributed by atoms with Crippen molar-refractivity contribution < 1.29 is 19.4 Å². The van der Waals surface area contributed by atoms with Crippen LogP contribution in [0, 0.1) is 0 Å². The summed E-state index contributed by atoms with van der Waals surface area (Å²) in [7, 11) is 0. The van der Waals surface area contributed by atoms with E-state index < -0.39 is 11.6 Å². The molecule has 6 nitrogen and oxygen atoms in total. The summed E-state index contributed by atoms with van der Waals surface area (Å²) in [5, 5.41) is 9.31. The Morgan fingerprint density at radius 1 is 1.42 bits per heavy atom. The van der Waals surface area contributed by atoms with Crippen LogP contribution in [0.2, 0.25) is 0 Å². The molecule has 0 radical (unpaired) electrons. The van der Waals surface area contributed by atoms with E-state index in [0.717, 1.165) is 26.3 Å². The second kappa shape index (κ2) is 5.64. The molecule has 1 amide bonds. The smallest absolute Gasteiger partial charge is 0.407 e. The molecule has 0 saturated carbocycles. The van der Waals surface area contributed by atoms with E-state index in [4.69, 9.17) is 9.47 Å². The molecular formula is C13H24N2O4. The molecule has 0 aromatic heterocycles. The fourth-order valence-corrected chi connectivity index (χ4v) is 2.46. The summed E-state index contributed by atoms with van der Waals surface area (Å²) in [4.78, 5) is 15.1. The number of amides is 1. The molecule has 2 aliphatic heterocycles. The Morgan fingerprint density at radius 2 is 2.11 bits per heavy atom. The van der Waals surface area contributed by atoms with E-state index in [2.05, 4.69) is 4.90 Å². The van der Waals surface area contributed by atoms with Crippen LogP contribution in [0.1, 0.15) is 20.8 Å². The van der Waals surface area contributed by atoms with Crippen LogP contribution >= 0.6 is 0 Å². The lowest BCUT2D eigenvalue weighted by molar-refractivity contribution is -0.119. The minimum atomic E-state index is -0.889. The normalized spacial score (nSPS) is 25.9. The first-order chi connectivity index (χ1) is 8.88. The summed E-state index contributed by atoms with van der Waals surface area (Å²) in [5.74, 6) is 0. The second-order valence-electron chi connectivity index (χ2n) is 6.24. The molecule has 0 bridgehead atoms. The molecule has 2 saturated heterocycles. The number of carboxylic acid groups (broad SMARTS) is 1. The Morgan fingerprint density at radius 3 is 2.58 bits per heavy atom. The zero-order valence-corrected chi connectivity index (χ0v) is 12.0. The highest BCUT2D eigenvalue weighted by Gasteiger charge is 2.34. The topological polar surface area (TPSA) is 62.2 Å². The van der Waals surface area contributed by atoms with Crippen molar-refractivity contribution in [3.05, 3.63) is 0 Å². The van der Waals surface area contributed by atoms with Crippen molar-refractivity contribution >= 4 is 6.09 Å². The SMILES string of the molecule is CC(C)(C)N(CC1CN(C2COC2)CCO1)C(=O)O. The molecule has 0 aromatic rings. The fourth-order valence-electron chi connectivity index (χ4n) is 2.46. The molecule has 19 heavy (non-hydrogen) atoms. The molecule has 1 unspecified atom stereocenters. The van der Waals surface area contributed by atoms with Gasteiger partial charge in [0.05, 0.1) is 38.5 Å². The van der Waals surface area contributed by atoms with Crippen LogP contribution in [-0.4, -0.2) is 78.1 Å². The van der Waals surface area contributed by atoms with Crippen LogP contribution in [0.4, 0.5) is 4.79 Å². The number of carbonyl (C=O) groups is 1. The van der Waals surface area contributed by atoms with Gasteiger partial charge in [-0.3, -0.25) is 4.90 Å². The van der Waals surface area contributed by atoms with Crippen LogP contribution in [0.5, 0.6) is 0 Å². The van der Waals surface area contributed by atoms with Gasteiger partial charge >= 0.3 is 6.09 Å². The van der Waals surface area contributed by atoms with Crippen LogP contribution in [-0.2, 0) is 9.47 Å². The van der Waals surface area contributed by atoms with E-state index in [1.165, 1.54) is 4.90 Å². The number of morpholine rings is 1. The Hall–Kier alpha value is -0.850. The van der Waals surface area contributed by atoms with E-state index in [0.29, 0.717) is 19.2 Å². The third kappa shape index (κ3) is 3.58. The second-order valence-corrected chi connectivity index (χ2v) is 6.24. The number of ether oxygens (including phenoxy) is 2. The van der Waals surface area contributed by atoms with Gasteiger partial charge in [0.25, 0.3) is 0 Å². The van der Waals surface area contributed by atoms with E-state index in [1.807, 2.05) is 20.8 Å². The summed E-state index contributed by atoms with van der Waals surface area (Å²) >= 11 is 0. The van der Waals surface area contributed by atoms with Gasteiger partial charge < -0.3 is 19.5 Å². The van der Waals surface area contributed by atoms with Gasteiger partial charge in [0.15, 0.2) is 0 Å². The zero-order chi connectivity index (χ0) is 14.0. The van der Waals surface area contributed by atoms with E-state index in [9.17, 15) is 9.90 Å². The first-order valence-corrected chi connectivity index (χ1v) is 6.82. The summed E-state index contributed by atoms with van der Waals surface area (Å²) in [6.07, 6.45) is -0.940. The van der Waals surface area contributed by atoms with Gasteiger partial charge in [-0.05, 0) is 20.8 Å². The lowest BCUT2D eigenvalue weighted by Gasteiger charge is -2.44. The Balaban J connectivity index is 1.91. The molecule has 6 heteroatoms. The predicted octanol–water partition coefficient (Wildman–Crippen LogP) is 0.865. The highest BCUT2D eigenvalue weighted by Crippen LogP contribution is 2.19. The lowest BCUT2D eigenvalue weighted by Crippen LogP contribution is -2.58. The minimum Gasteiger partial charge on any atom is -0.465 e. The Labute approximate surface area is 114 Å². The Kier molecular flexibility index (Phi) is 4.32. The fraction of sp³-hybridized carbons (Fsp3) is 0.923. The van der Waals surface area contributed by atoms with Gasteiger partial charge in [0.1, 0.15) is 0 Å². The first kappa shape index (κ1) is 14.6. The van der Waals surface area contributed by atoms with Crippen molar-refractivity contribution in [2.45, 2.75) is 38.5 Å². The van der Waals surface area contributed by atoms with Gasteiger partial charge in [-0.25, -0.2) is 4.79 Å². The van der Waals surface area contributed by atoms with Crippen molar-refractivity contribution in [1.82, 2.24) is 9.80 Å². The van der Waals surface area contributed by atoms with Crippen LogP contribution in [0.25, 0.3) is 0 Å². The van der Waals surface area contributed by atoms with Gasteiger partial charge in [-0.2, -0.15) is 0 Å². The maximum absolute atomic E-state index is 11.3. The summed E-state index contributed by atoms with van der Waals surface area (Å²) in [6, 6.07) is 0.485. The molecule has 2 fully saturated rings. The molecule has 2 heterocycles. The van der Waals surface area contributed by atoms with Crippen molar-refractivity contribution in [3.63, 3.8) is 0 Å². The highest BCUT2D eigenvalue weighted by atomic mass is 16.5. The average molecular weight is 272 g/mol. The predicted molar refractivity (Wildman–Crippen MR) is 70.4 cm³/mol. The molecular weight excluding hydrogens is 248 g/mol. The molecule has 2 aliphatic rings. The van der Waals surface area contributed by atoms with Crippen LogP contribution < -0.4 is 0 Å². The minimum absolute atomic E-state index is 0.0512. The number of hydrogen-bond acceptors (Lipinski definition) is 4. The maximum Gasteiger partial charge on any atom is 0.407 e. The van der Waals surface area contributed by atoms with Crippen molar-refractivity contribution in [2.75, 3.05) is 39.5 Å². The zero-order valence-electron chi connectivity index (χ0n) is 12.0. The molecule has 110 valence electrons. The Bertz CT molecular complexity index is 325. The lowest BCUT2D eigenvalue weighted by atomic mass is 10.1. The number of hydrogen-bond donors (Lipinski definition) is 1. The van der Waals surface area contributed by atoms with E-state index in [-0.39, 0.29) is 6.10 Å². The van der Waals surface area contributed by atoms with Gasteiger partial charge in [0.2, 0.25) is 0 Å².